The largest absolute Gasteiger partial charge is 0.508 e. The minimum atomic E-state index is -0.294. The molecule has 0 radical (unpaired) electrons. The SMILES string of the molecule is C=CC(=O)N1CC[C@H](n2cnc3c(N4CC(N(C)C)C4)nc4c(=O)n(-c5cc(O)cc6ccccc56)ccc4c32)C[C@H]1CC#N. The van der Waals surface area contributed by atoms with Crippen molar-refractivity contribution in [2.75, 3.05) is 38.6 Å². The number of aromatic nitrogens is 4. The van der Waals surface area contributed by atoms with Crippen LogP contribution < -0.4 is 10.5 Å². The zero-order chi connectivity index (χ0) is 31.4. The molecule has 45 heavy (non-hydrogen) atoms. The number of hydrogen-bond acceptors (Lipinski definition) is 8. The van der Waals surface area contributed by atoms with Crippen LogP contribution in [0.2, 0.25) is 0 Å². The number of phenols is 1. The topological polar surface area (TPSA) is 124 Å². The third-order valence-electron chi connectivity index (χ3n) is 9.39. The Hall–Kier alpha value is -5.21. The highest BCUT2D eigenvalue weighted by Gasteiger charge is 2.35. The number of anilines is 1. The highest BCUT2D eigenvalue weighted by atomic mass is 16.3. The van der Waals surface area contributed by atoms with Gasteiger partial charge >= 0.3 is 0 Å². The third-order valence-corrected chi connectivity index (χ3v) is 9.39. The van der Waals surface area contributed by atoms with Crippen LogP contribution in [0.15, 0.2) is 72.4 Å². The van der Waals surface area contributed by atoms with Gasteiger partial charge in [-0.2, -0.15) is 5.26 Å². The number of amides is 1. The Morgan fingerprint density at radius 2 is 1.98 bits per heavy atom. The number of likely N-dealkylation sites (N-methyl/N-ethyl adjacent to an activating group) is 1. The normalized spacial score (nSPS) is 18.9. The van der Waals surface area contributed by atoms with Crippen LogP contribution in [-0.2, 0) is 4.79 Å². The van der Waals surface area contributed by atoms with Crippen LogP contribution in [0, 0.1) is 11.3 Å². The van der Waals surface area contributed by atoms with Crippen LogP contribution >= 0.6 is 0 Å². The molecule has 5 heterocycles. The van der Waals surface area contributed by atoms with E-state index in [1.54, 1.807) is 27.8 Å². The van der Waals surface area contributed by atoms with Gasteiger partial charge in [0.15, 0.2) is 5.82 Å². The van der Waals surface area contributed by atoms with Crippen molar-refractivity contribution in [1.82, 2.24) is 28.9 Å². The van der Waals surface area contributed by atoms with E-state index >= 15 is 0 Å². The van der Waals surface area contributed by atoms with Crippen molar-refractivity contribution in [3.63, 3.8) is 0 Å². The molecule has 3 aromatic heterocycles. The van der Waals surface area contributed by atoms with Gasteiger partial charge in [-0.05, 0) is 50.5 Å². The lowest BCUT2D eigenvalue weighted by atomic mass is 9.94. The number of carbonyl (C=O) groups is 1. The molecule has 0 aliphatic carbocycles. The maximum atomic E-state index is 14.4. The number of imidazole rings is 1. The van der Waals surface area contributed by atoms with E-state index in [2.05, 4.69) is 41.1 Å². The number of benzene rings is 2. The second kappa shape index (κ2) is 11.1. The molecule has 2 atom stereocenters. The van der Waals surface area contributed by atoms with E-state index in [0.29, 0.717) is 47.8 Å². The predicted octanol–water partition coefficient (Wildman–Crippen LogP) is 3.98. The molecule has 1 amide bonds. The van der Waals surface area contributed by atoms with Gasteiger partial charge in [0, 0.05) is 60.8 Å². The molecule has 2 aromatic carbocycles. The maximum absolute atomic E-state index is 14.4. The van der Waals surface area contributed by atoms with Crippen molar-refractivity contribution < 1.29 is 9.90 Å². The summed E-state index contributed by atoms with van der Waals surface area (Å²) in [6, 6.07) is 15.1. The molecule has 11 nitrogen and oxygen atoms in total. The summed E-state index contributed by atoms with van der Waals surface area (Å²) in [5.41, 5.74) is 2.14. The monoisotopic (exact) mass is 602 g/mol. The standard InChI is InChI=1S/C34H34N8O3/c1-4-29(44)40-13-10-23(16-22(40)9-12-35)42-20-36-31-32(42)27-11-14-41(28-17-25(43)15-21-7-5-6-8-26(21)28)34(45)30(27)37-33(31)39-18-24(19-39)38(2)3/h4-8,11,14-15,17,20,22-24,43H,1,9-10,13,16,18-19H2,2-3H3/t22-,23+/m1/s1. The van der Waals surface area contributed by atoms with E-state index in [9.17, 15) is 20.0 Å². The van der Waals surface area contributed by atoms with Gasteiger partial charge < -0.3 is 24.4 Å². The van der Waals surface area contributed by atoms with E-state index in [0.717, 1.165) is 34.9 Å². The minimum absolute atomic E-state index is 0.0379. The van der Waals surface area contributed by atoms with E-state index in [-0.39, 0.29) is 35.7 Å². The molecule has 1 N–H and O–H groups in total. The Bertz CT molecular complexity index is 2090. The van der Waals surface area contributed by atoms with E-state index in [4.69, 9.17) is 9.97 Å². The number of nitriles is 1. The van der Waals surface area contributed by atoms with Gasteiger partial charge in [0.25, 0.3) is 5.56 Å². The molecule has 0 bridgehead atoms. The Morgan fingerprint density at radius 3 is 2.73 bits per heavy atom. The van der Waals surface area contributed by atoms with Crippen LogP contribution in [-0.4, -0.2) is 85.7 Å². The molecule has 2 saturated heterocycles. The average Bonchev–Trinajstić information content (AvgIpc) is 3.46. The van der Waals surface area contributed by atoms with Crippen LogP contribution in [0.1, 0.15) is 25.3 Å². The fourth-order valence-electron chi connectivity index (χ4n) is 6.88. The van der Waals surface area contributed by atoms with E-state index in [1.807, 2.05) is 36.7 Å². The number of piperidine rings is 1. The maximum Gasteiger partial charge on any atom is 0.281 e. The quantitative estimate of drug-likeness (QED) is 0.290. The summed E-state index contributed by atoms with van der Waals surface area (Å²) in [6.45, 7) is 5.65. The molecular formula is C34H34N8O3. The molecule has 5 aromatic rings. The van der Waals surface area contributed by atoms with Gasteiger partial charge in [0.2, 0.25) is 5.91 Å². The summed E-state index contributed by atoms with van der Waals surface area (Å²) < 4.78 is 3.66. The molecule has 7 rings (SSSR count). The number of rotatable bonds is 6. The second-order valence-corrected chi connectivity index (χ2v) is 12.2. The summed E-state index contributed by atoms with van der Waals surface area (Å²) in [6.07, 6.45) is 6.32. The van der Waals surface area contributed by atoms with Crippen molar-refractivity contribution in [2.24, 2.45) is 0 Å². The Kier molecular flexibility index (Phi) is 7.01. The molecule has 2 aliphatic heterocycles. The van der Waals surface area contributed by atoms with Gasteiger partial charge in [-0.3, -0.25) is 14.2 Å². The predicted molar refractivity (Wildman–Crippen MR) is 174 cm³/mol. The summed E-state index contributed by atoms with van der Waals surface area (Å²) in [5.74, 6) is 0.563. The number of fused-ring (bicyclic) bond motifs is 4. The van der Waals surface area contributed by atoms with Crippen LogP contribution in [0.4, 0.5) is 5.82 Å². The van der Waals surface area contributed by atoms with Gasteiger partial charge in [-0.1, -0.05) is 30.8 Å². The summed E-state index contributed by atoms with van der Waals surface area (Å²) >= 11 is 0. The zero-order valence-corrected chi connectivity index (χ0v) is 25.3. The molecule has 0 spiro atoms. The number of hydrogen-bond donors (Lipinski definition) is 1. The highest BCUT2D eigenvalue weighted by Crippen LogP contribution is 2.38. The highest BCUT2D eigenvalue weighted by molar-refractivity contribution is 6.07. The molecule has 0 unspecified atom stereocenters. The van der Waals surface area contributed by atoms with Crippen molar-refractivity contribution in [1.29, 1.82) is 5.26 Å². The number of carbonyl (C=O) groups excluding carboxylic acids is 1. The summed E-state index contributed by atoms with van der Waals surface area (Å²) in [5, 5.41) is 22.4. The Balaban J connectivity index is 1.41. The molecule has 2 fully saturated rings. The number of likely N-dealkylation sites (tertiary alicyclic amines) is 1. The summed E-state index contributed by atoms with van der Waals surface area (Å²) in [4.78, 5) is 42.8. The first-order valence-corrected chi connectivity index (χ1v) is 15.1. The Labute approximate surface area is 259 Å². The smallest absolute Gasteiger partial charge is 0.281 e. The molecule has 228 valence electrons. The second-order valence-electron chi connectivity index (χ2n) is 12.2. The van der Waals surface area contributed by atoms with Crippen LogP contribution in [0.5, 0.6) is 5.75 Å². The fraction of sp³-hybridized carbons (Fsp3) is 0.324. The van der Waals surface area contributed by atoms with Crippen molar-refractivity contribution in [3.05, 3.63) is 78.0 Å². The first-order valence-electron chi connectivity index (χ1n) is 15.1. The number of nitrogens with zero attached hydrogens (tertiary/aromatic N) is 8. The lowest BCUT2D eigenvalue weighted by Crippen LogP contribution is -2.57. The van der Waals surface area contributed by atoms with Gasteiger partial charge in [-0.25, -0.2) is 9.97 Å². The fourth-order valence-corrected chi connectivity index (χ4v) is 6.88. The number of aromatic hydroxyl groups is 1. The number of phenolic OH excluding ortho intramolecular Hbond substituents is 1. The average molecular weight is 603 g/mol. The van der Waals surface area contributed by atoms with Crippen molar-refractivity contribution in [3.8, 4) is 17.5 Å². The van der Waals surface area contributed by atoms with Gasteiger partial charge in [0.1, 0.15) is 16.8 Å². The van der Waals surface area contributed by atoms with E-state index in [1.165, 1.54) is 6.08 Å². The van der Waals surface area contributed by atoms with Crippen LogP contribution in [0.3, 0.4) is 0 Å². The first-order chi connectivity index (χ1) is 21.8. The lowest BCUT2D eigenvalue weighted by Gasteiger charge is -2.43. The molecular weight excluding hydrogens is 568 g/mol. The van der Waals surface area contributed by atoms with E-state index < -0.39 is 0 Å². The minimum Gasteiger partial charge on any atom is -0.508 e. The van der Waals surface area contributed by atoms with Gasteiger partial charge in [0.05, 0.1) is 30.0 Å². The van der Waals surface area contributed by atoms with Crippen molar-refractivity contribution in [2.45, 2.75) is 37.4 Å². The molecule has 2 aliphatic rings. The number of pyridine rings is 2. The Morgan fingerprint density at radius 1 is 1.18 bits per heavy atom. The third kappa shape index (κ3) is 4.69. The first kappa shape index (κ1) is 28.6. The van der Waals surface area contributed by atoms with Gasteiger partial charge in [-0.15, -0.1) is 0 Å². The molecule has 11 heteroatoms. The molecule has 0 saturated carbocycles. The zero-order valence-electron chi connectivity index (χ0n) is 25.3. The summed E-state index contributed by atoms with van der Waals surface area (Å²) in [7, 11) is 4.11. The lowest BCUT2D eigenvalue weighted by molar-refractivity contribution is -0.130. The van der Waals surface area contributed by atoms with Crippen LogP contribution in [0.25, 0.3) is 38.4 Å². The van der Waals surface area contributed by atoms with Crippen molar-refractivity contribution >= 4 is 44.4 Å².